The van der Waals surface area contributed by atoms with Crippen LogP contribution in [0.5, 0.6) is 0 Å². The van der Waals surface area contributed by atoms with Gasteiger partial charge < -0.3 is 5.11 Å². The zero-order valence-electron chi connectivity index (χ0n) is 15.8. The highest BCUT2D eigenvalue weighted by molar-refractivity contribution is 7.15. The Bertz CT molecular complexity index is 1220. The molecule has 0 saturated heterocycles. The standard InChI is InChI=1S/C23H19N3O2S/c1-14-5-4-7-16(11-14)26(23(27)28)13-17-9-10-20(29-17)22-19-12-15-6-2-3-8-18(15)21(19)24-25-22/h2-11H,12-13H2,1H3,(H,24,25)(H,27,28). The molecule has 1 aliphatic carbocycles. The number of rotatable bonds is 4. The summed E-state index contributed by atoms with van der Waals surface area (Å²) in [4.78, 5) is 15.3. The smallest absolute Gasteiger partial charge is 0.412 e. The Morgan fingerprint density at radius 2 is 2.03 bits per heavy atom. The number of H-pyrrole nitrogens is 1. The van der Waals surface area contributed by atoms with E-state index in [1.54, 1.807) is 11.3 Å². The van der Waals surface area contributed by atoms with E-state index in [1.807, 2.05) is 49.4 Å². The molecule has 5 rings (SSSR count). The Balaban J connectivity index is 1.43. The van der Waals surface area contributed by atoms with Crippen molar-refractivity contribution in [3.8, 4) is 21.8 Å². The number of nitrogens with zero attached hydrogens (tertiary/aromatic N) is 2. The van der Waals surface area contributed by atoms with Crippen LogP contribution in [-0.2, 0) is 13.0 Å². The summed E-state index contributed by atoms with van der Waals surface area (Å²) in [7, 11) is 0. The van der Waals surface area contributed by atoms with E-state index in [0.29, 0.717) is 12.2 Å². The van der Waals surface area contributed by atoms with Gasteiger partial charge in [-0.2, -0.15) is 5.10 Å². The van der Waals surface area contributed by atoms with E-state index in [2.05, 4.69) is 28.4 Å². The first-order valence-corrected chi connectivity index (χ1v) is 10.2. The van der Waals surface area contributed by atoms with E-state index in [0.717, 1.165) is 33.1 Å². The minimum absolute atomic E-state index is 0.316. The lowest BCUT2D eigenvalue weighted by Gasteiger charge is -2.18. The predicted molar refractivity (Wildman–Crippen MR) is 116 cm³/mol. The molecular weight excluding hydrogens is 382 g/mol. The first kappa shape index (κ1) is 17.7. The third kappa shape index (κ3) is 3.11. The first-order valence-electron chi connectivity index (χ1n) is 9.42. The molecule has 0 fully saturated rings. The van der Waals surface area contributed by atoms with Crippen molar-refractivity contribution in [2.24, 2.45) is 0 Å². The number of nitrogens with one attached hydrogen (secondary N) is 1. The van der Waals surface area contributed by atoms with Crippen LogP contribution in [0.2, 0.25) is 0 Å². The van der Waals surface area contributed by atoms with Crippen LogP contribution in [0, 0.1) is 6.92 Å². The lowest BCUT2D eigenvalue weighted by molar-refractivity contribution is 0.201. The number of carboxylic acid groups (broad SMARTS) is 1. The molecule has 0 bridgehead atoms. The molecule has 0 radical (unpaired) electrons. The summed E-state index contributed by atoms with van der Waals surface area (Å²) in [6.45, 7) is 2.28. The van der Waals surface area contributed by atoms with Gasteiger partial charge in [0.1, 0.15) is 5.69 Å². The number of benzene rings is 2. The van der Waals surface area contributed by atoms with Crippen molar-refractivity contribution < 1.29 is 9.90 Å². The molecule has 144 valence electrons. The van der Waals surface area contributed by atoms with Gasteiger partial charge in [0.25, 0.3) is 0 Å². The number of aryl methyl sites for hydroxylation is 1. The van der Waals surface area contributed by atoms with Gasteiger partial charge in [-0.1, -0.05) is 36.4 Å². The van der Waals surface area contributed by atoms with Gasteiger partial charge in [-0.3, -0.25) is 10.00 Å². The van der Waals surface area contributed by atoms with Gasteiger partial charge in [-0.05, 0) is 42.3 Å². The van der Waals surface area contributed by atoms with Crippen LogP contribution in [0.3, 0.4) is 0 Å². The number of fused-ring (bicyclic) bond motifs is 3. The summed E-state index contributed by atoms with van der Waals surface area (Å²) < 4.78 is 0. The van der Waals surface area contributed by atoms with Crippen LogP contribution in [0.15, 0.2) is 60.7 Å². The van der Waals surface area contributed by atoms with Crippen LogP contribution in [0.1, 0.15) is 21.6 Å². The molecule has 5 nitrogen and oxygen atoms in total. The number of hydrogen-bond donors (Lipinski definition) is 2. The number of hydrogen-bond acceptors (Lipinski definition) is 3. The number of amides is 1. The molecule has 0 spiro atoms. The lowest BCUT2D eigenvalue weighted by atomic mass is 10.1. The first-order chi connectivity index (χ1) is 14.1. The number of anilines is 1. The minimum Gasteiger partial charge on any atom is -0.465 e. The van der Waals surface area contributed by atoms with Crippen LogP contribution in [-0.4, -0.2) is 21.4 Å². The van der Waals surface area contributed by atoms with Gasteiger partial charge in [0.05, 0.1) is 17.1 Å². The molecule has 1 amide bonds. The highest BCUT2D eigenvalue weighted by atomic mass is 32.1. The van der Waals surface area contributed by atoms with Crippen molar-refractivity contribution in [2.75, 3.05) is 4.90 Å². The maximum absolute atomic E-state index is 11.8. The van der Waals surface area contributed by atoms with Crippen molar-refractivity contribution in [1.29, 1.82) is 0 Å². The topological polar surface area (TPSA) is 69.2 Å². The van der Waals surface area contributed by atoms with Crippen molar-refractivity contribution in [3.63, 3.8) is 0 Å². The van der Waals surface area contributed by atoms with Crippen molar-refractivity contribution >= 4 is 23.1 Å². The van der Waals surface area contributed by atoms with Gasteiger partial charge in [-0.25, -0.2) is 4.79 Å². The fraction of sp³-hybridized carbons (Fsp3) is 0.130. The summed E-state index contributed by atoms with van der Waals surface area (Å²) in [6.07, 6.45) is -0.0866. The van der Waals surface area contributed by atoms with Gasteiger partial charge in [0, 0.05) is 28.1 Å². The second kappa shape index (κ2) is 6.90. The fourth-order valence-electron chi connectivity index (χ4n) is 3.88. The van der Waals surface area contributed by atoms with E-state index in [-0.39, 0.29) is 0 Å². The van der Waals surface area contributed by atoms with Crippen LogP contribution < -0.4 is 4.90 Å². The summed E-state index contributed by atoms with van der Waals surface area (Å²) in [6, 6.07) is 20.0. The Hall–Kier alpha value is -3.38. The molecular formula is C23H19N3O2S. The normalized spacial score (nSPS) is 11.9. The third-order valence-corrected chi connectivity index (χ3v) is 6.35. The summed E-state index contributed by atoms with van der Waals surface area (Å²) in [5, 5.41) is 17.5. The SMILES string of the molecule is Cc1cccc(N(Cc2ccc(-c3n[nH]c4c3Cc3ccccc3-4)s2)C(=O)O)c1. The molecule has 1 aliphatic rings. The zero-order chi connectivity index (χ0) is 20.0. The van der Waals surface area contributed by atoms with Crippen molar-refractivity contribution in [3.05, 3.63) is 82.2 Å². The van der Waals surface area contributed by atoms with E-state index in [9.17, 15) is 9.90 Å². The Labute approximate surface area is 172 Å². The largest absolute Gasteiger partial charge is 0.465 e. The van der Waals surface area contributed by atoms with Crippen LogP contribution in [0.25, 0.3) is 21.8 Å². The Morgan fingerprint density at radius 3 is 2.86 bits per heavy atom. The number of aromatic amines is 1. The molecule has 0 unspecified atom stereocenters. The number of carbonyl (C=O) groups is 1. The lowest BCUT2D eigenvalue weighted by Crippen LogP contribution is -2.28. The van der Waals surface area contributed by atoms with Gasteiger partial charge in [0.15, 0.2) is 0 Å². The minimum atomic E-state index is -0.957. The van der Waals surface area contributed by atoms with E-state index < -0.39 is 6.09 Å². The quantitative estimate of drug-likeness (QED) is 0.406. The average molecular weight is 401 g/mol. The molecule has 4 aromatic rings. The van der Waals surface area contributed by atoms with E-state index in [1.165, 1.54) is 21.6 Å². The molecule has 0 aliphatic heterocycles. The zero-order valence-corrected chi connectivity index (χ0v) is 16.7. The summed E-state index contributed by atoms with van der Waals surface area (Å²) >= 11 is 1.59. The highest BCUT2D eigenvalue weighted by Crippen LogP contribution is 2.41. The molecule has 0 saturated carbocycles. The number of aromatic nitrogens is 2. The predicted octanol–water partition coefficient (Wildman–Crippen LogP) is 5.70. The van der Waals surface area contributed by atoms with Gasteiger partial charge in [-0.15, -0.1) is 11.3 Å². The second-order valence-electron chi connectivity index (χ2n) is 7.23. The molecule has 2 heterocycles. The van der Waals surface area contributed by atoms with Gasteiger partial charge >= 0.3 is 6.09 Å². The molecule has 2 N–H and O–H groups in total. The van der Waals surface area contributed by atoms with Crippen molar-refractivity contribution in [1.82, 2.24) is 10.2 Å². The Morgan fingerprint density at radius 1 is 1.17 bits per heavy atom. The second-order valence-corrected chi connectivity index (χ2v) is 8.40. The fourth-order valence-corrected chi connectivity index (χ4v) is 4.90. The summed E-state index contributed by atoms with van der Waals surface area (Å²) in [5.74, 6) is 0. The molecule has 2 aromatic heterocycles. The monoisotopic (exact) mass is 401 g/mol. The maximum Gasteiger partial charge on any atom is 0.412 e. The van der Waals surface area contributed by atoms with Crippen molar-refractivity contribution in [2.45, 2.75) is 19.9 Å². The third-order valence-electron chi connectivity index (χ3n) is 5.27. The Kier molecular flexibility index (Phi) is 4.21. The highest BCUT2D eigenvalue weighted by Gasteiger charge is 2.25. The maximum atomic E-state index is 11.8. The van der Waals surface area contributed by atoms with E-state index in [4.69, 9.17) is 0 Å². The number of thiophene rings is 1. The average Bonchev–Trinajstić information content (AvgIpc) is 3.40. The van der Waals surface area contributed by atoms with Crippen LogP contribution in [0.4, 0.5) is 10.5 Å². The van der Waals surface area contributed by atoms with Gasteiger partial charge in [0.2, 0.25) is 0 Å². The van der Waals surface area contributed by atoms with E-state index >= 15 is 0 Å². The summed E-state index contributed by atoms with van der Waals surface area (Å²) in [5.41, 5.74) is 7.52. The molecule has 2 aromatic carbocycles. The molecule has 6 heteroatoms. The molecule has 0 atom stereocenters. The molecule has 29 heavy (non-hydrogen) atoms. The van der Waals surface area contributed by atoms with Crippen LogP contribution >= 0.6 is 11.3 Å².